The number of aryl methyl sites for hydroxylation is 2. The van der Waals surface area contributed by atoms with Crippen molar-refractivity contribution in [2.24, 2.45) is 0 Å². The summed E-state index contributed by atoms with van der Waals surface area (Å²) in [6.07, 6.45) is 0. The van der Waals surface area contributed by atoms with Crippen molar-refractivity contribution in [3.63, 3.8) is 0 Å². The molecule has 0 atom stereocenters. The molecule has 16 heavy (non-hydrogen) atoms. The minimum absolute atomic E-state index is 0.612. The maximum absolute atomic E-state index is 5.86. The third-order valence-corrected chi connectivity index (χ3v) is 3.36. The molecule has 0 aliphatic rings. The molecular weight excluding hydrogens is 218 g/mol. The second-order valence-electron chi connectivity index (χ2n) is 3.84. The van der Waals surface area contributed by atoms with Gasteiger partial charge >= 0.3 is 0 Å². The molecule has 2 rings (SSSR count). The highest BCUT2D eigenvalue weighted by Gasteiger charge is 2.04. The predicted octanol–water partition coefficient (Wildman–Crippen LogP) is 3.53. The molecule has 0 fully saturated rings. The summed E-state index contributed by atoms with van der Waals surface area (Å²) in [5.41, 5.74) is 8.87. The van der Waals surface area contributed by atoms with Gasteiger partial charge in [-0.25, -0.2) is 0 Å². The van der Waals surface area contributed by atoms with E-state index < -0.39 is 0 Å². The molecule has 84 valence electrons. The predicted molar refractivity (Wildman–Crippen MR) is 69.0 cm³/mol. The molecule has 1 aromatic carbocycles. The summed E-state index contributed by atoms with van der Waals surface area (Å²) in [7, 11) is 0. The van der Waals surface area contributed by atoms with Crippen LogP contribution < -0.4 is 10.5 Å². The van der Waals surface area contributed by atoms with Gasteiger partial charge in [0.15, 0.2) is 0 Å². The van der Waals surface area contributed by atoms with E-state index in [-0.39, 0.29) is 0 Å². The summed E-state index contributed by atoms with van der Waals surface area (Å²) in [6.45, 7) is 4.66. The Balaban J connectivity index is 2.12. The first kappa shape index (κ1) is 11.0. The number of hydrogen-bond acceptors (Lipinski definition) is 3. The van der Waals surface area contributed by atoms with Crippen LogP contribution in [0.4, 0.5) is 5.69 Å². The number of benzene rings is 1. The van der Waals surface area contributed by atoms with Crippen LogP contribution in [-0.2, 0) is 6.61 Å². The van der Waals surface area contributed by atoms with Gasteiger partial charge in [-0.2, -0.15) is 0 Å². The van der Waals surface area contributed by atoms with Gasteiger partial charge in [0.2, 0.25) is 0 Å². The van der Waals surface area contributed by atoms with E-state index in [1.54, 1.807) is 11.3 Å². The minimum Gasteiger partial charge on any atom is -0.488 e. The van der Waals surface area contributed by atoms with Crippen LogP contribution in [-0.4, -0.2) is 0 Å². The standard InChI is InChI=1S/C13H15NOS/c1-9-6-10(2)13(7-12(9)14)15-8-11-4-3-5-16-11/h3-7H,8,14H2,1-2H3. The van der Waals surface area contributed by atoms with E-state index in [1.165, 1.54) is 4.88 Å². The largest absolute Gasteiger partial charge is 0.488 e. The van der Waals surface area contributed by atoms with Gasteiger partial charge in [-0.3, -0.25) is 0 Å². The van der Waals surface area contributed by atoms with Crippen molar-refractivity contribution in [2.45, 2.75) is 20.5 Å². The molecule has 3 heteroatoms. The van der Waals surface area contributed by atoms with Crippen LogP contribution >= 0.6 is 11.3 Å². The smallest absolute Gasteiger partial charge is 0.124 e. The van der Waals surface area contributed by atoms with Crippen molar-refractivity contribution in [1.29, 1.82) is 0 Å². The Kier molecular flexibility index (Phi) is 3.15. The van der Waals surface area contributed by atoms with E-state index in [1.807, 2.05) is 26.0 Å². The molecule has 0 aliphatic carbocycles. The second-order valence-corrected chi connectivity index (χ2v) is 4.87. The maximum atomic E-state index is 5.86. The third-order valence-electron chi connectivity index (χ3n) is 2.51. The van der Waals surface area contributed by atoms with Crippen molar-refractivity contribution in [2.75, 3.05) is 5.73 Å². The lowest BCUT2D eigenvalue weighted by atomic mass is 10.1. The first-order valence-corrected chi connectivity index (χ1v) is 6.06. The van der Waals surface area contributed by atoms with Crippen LogP contribution in [0.3, 0.4) is 0 Å². The molecule has 0 bridgehead atoms. The van der Waals surface area contributed by atoms with Crippen LogP contribution in [0.15, 0.2) is 29.6 Å². The van der Waals surface area contributed by atoms with Crippen molar-refractivity contribution in [1.82, 2.24) is 0 Å². The van der Waals surface area contributed by atoms with Gasteiger partial charge < -0.3 is 10.5 Å². The van der Waals surface area contributed by atoms with E-state index in [4.69, 9.17) is 10.5 Å². The first-order chi connectivity index (χ1) is 7.66. The zero-order valence-corrected chi connectivity index (χ0v) is 10.3. The van der Waals surface area contributed by atoms with Gasteiger partial charge in [0.25, 0.3) is 0 Å². The minimum atomic E-state index is 0.612. The van der Waals surface area contributed by atoms with Crippen molar-refractivity contribution >= 4 is 17.0 Å². The first-order valence-electron chi connectivity index (χ1n) is 5.18. The molecule has 0 saturated carbocycles. The second kappa shape index (κ2) is 4.58. The van der Waals surface area contributed by atoms with Crippen molar-refractivity contribution in [3.8, 4) is 5.75 Å². The molecule has 1 heterocycles. The SMILES string of the molecule is Cc1cc(C)c(OCc2cccs2)cc1N. The Bertz CT molecular complexity index is 477. The number of anilines is 1. The molecule has 0 saturated heterocycles. The summed E-state index contributed by atoms with van der Waals surface area (Å²) >= 11 is 1.70. The van der Waals surface area contributed by atoms with Crippen LogP contribution in [0.25, 0.3) is 0 Å². The highest BCUT2D eigenvalue weighted by Crippen LogP contribution is 2.25. The van der Waals surface area contributed by atoms with Gasteiger partial charge in [0.05, 0.1) is 0 Å². The molecule has 2 N–H and O–H groups in total. The Morgan fingerprint density at radius 1 is 1.25 bits per heavy atom. The average molecular weight is 233 g/mol. The van der Waals surface area contributed by atoms with E-state index in [2.05, 4.69) is 17.5 Å². The normalized spacial score (nSPS) is 10.4. The van der Waals surface area contributed by atoms with Gasteiger partial charge in [-0.05, 0) is 36.4 Å². The molecule has 2 aromatic rings. The Morgan fingerprint density at radius 2 is 2.06 bits per heavy atom. The number of hydrogen-bond donors (Lipinski definition) is 1. The monoisotopic (exact) mass is 233 g/mol. The van der Waals surface area contributed by atoms with Crippen molar-refractivity contribution < 1.29 is 4.74 Å². The summed E-state index contributed by atoms with van der Waals surface area (Å²) in [5, 5.41) is 2.05. The number of nitrogen functional groups attached to an aromatic ring is 1. The van der Waals surface area contributed by atoms with Crippen LogP contribution in [0, 0.1) is 13.8 Å². The topological polar surface area (TPSA) is 35.2 Å². The lowest BCUT2D eigenvalue weighted by Crippen LogP contribution is -1.98. The van der Waals surface area contributed by atoms with E-state index in [0.717, 1.165) is 22.6 Å². The fourth-order valence-corrected chi connectivity index (χ4v) is 2.16. The number of rotatable bonds is 3. The van der Waals surface area contributed by atoms with Gasteiger partial charge in [-0.1, -0.05) is 12.1 Å². The molecule has 1 aromatic heterocycles. The highest BCUT2D eigenvalue weighted by molar-refractivity contribution is 7.09. The van der Waals surface area contributed by atoms with E-state index in [0.29, 0.717) is 6.61 Å². The van der Waals surface area contributed by atoms with Gasteiger partial charge in [0, 0.05) is 16.6 Å². The average Bonchev–Trinajstić information content (AvgIpc) is 2.74. The summed E-state index contributed by atoms with van der Waals surface area (Å²) in [4.78, 5) is 1.22. The van der Waals surface area contributed by atoms with Gasteiger partial charge in [-0.15, -0.1) is 11.3 Å². The molecular formula is C13H15NOS. The number of thiophene rings is 1. The lowest BCUT2D eigenvalue weighted by molar-refractivity contribution is 0.308. The molecule has 0 aliphatic heterocycles. The zero-order chi connectivity index (χ0) is 11.5. The van der Waals surface area contributed by atoms with Crippen LogP contribution in [0.5, 0.6) is 5.75 Å². The Morgan fingerprint density at radius 3 is 2.75 bits per heavy atom. The number of ether oxygens (including phenoxy) is 1. The quantitative estimate of drug-likeness (QED) is 0.823. The zero-order valence-electron chi connectivity index (χ0n) is 9.49. The summed E-state index contributed by atoms with van der Waals surface area (Å²) in [6, 6.07) is 8.05. The molecule has 0 unspecified atom stereocenters. The fraction of sp³-hybridized carbons (Fsp3) is 0.231. The number of nitrogens with two attached hydrogens (primary N) is 1. The van der Waals surface area contributed by atoms with E-state index >= 15 is 0 Å². The molecule has 0 amide bonds. The third kappa shape index (κ3) is 2.36. The molecule has 0 radical (unpaired) electrons. The van der Waals surface area contributed by atoms with Crippen molar-refractivity contribution in [3.05, 3.63) is 45.6 Å². The highest BCUT2D eigenvalue weighted by atomic mass is 32.1. The molecule has 2 nitrogen and oxygen atoms in total. The summed E-state index contributed by atoms with van der Waals surface area (Å²) in [5.74, 6) is 0.872. The lowest BCUT2D eigenvalue weighted by Gasteiger charge is -2.10. The Labute approximate surface area is 99.7 Å². The summed E-state index contributed by atoms with van der Waals surface area (Å²) < 4.78 is 5.75. The van der Waals surface area contributed by atoms with Gasteiger partial charge in [0.1, 0.15) is 12.4 Å². The Hall–Kier alpha value is -1.48. The fourth-order valence-electron chi connectivity index (χ4n) is 1.55. The maximum Gasteiger partial charge on any atom is 0.124 e. The van der Waals surface area contributed by atoms with Crippen LogP contribution in [0.2, 0.25) is 0 Å². The van der Waals surface area contributed by atoms with Crippen LogP contribution in [0.1, 0.15) is 16.0 Å². The molecule has 0 spiro atoms. The van der Waals surface area contributed by atoms with E-state index in [9.17, 15) is 0 Å².